The van der Waals surface area contributed by atoms with E-state index in [1.807, 2.05) is 0 Å². The SMILES string of the molecule is C[P@]1CCC[C@@H]1CSC[C@H]1CCC[P@@]1C. The van der Waals surface area contributed by atoms with Gasteiger partial charge in [0.15, 0.2) is 0 Å². The minimum Gasteiger partial charge on any atom is -0.161 e. The first kappa shape index (κ1) is 12.7. The van der Waals surface area contributed by atoms with Crippen molar-refractivity contribution in [2.75, 3.05) is 37.2 Å². The first-order valence-corrected chi connectivity index (χ1v) is 11.5. The standard InChI is InChI=1S/C12H24P2S/c1-13-7-3-5-11(13)9-15-10-12-6-4-8-14(12)2/h11-12H,3-10H2,1-2H3/t11-,12-,13-,14-/m1/s1. The predicted molar refractivity (Wildman–Crippen MR) is 78.8 cm³/mol. The molecule has 0 aromatic heterocycles. The molecule has 0 aromatic carbocycles. The van der Waals surface area contributed by atoms with E-state index in [1.165, 1.54) is 24.3 Å². The van der Waals surface area contributed by atoms with Crippen molar-refractivity contribution in [1.82, 2.24) is 0 Å². The summed E-state index contributed by atoms with van der Waals surface area (Å²) in [5.41, 5.74) is 2.24. The Morgan fingerprint density at radius 2 is 1.40 bits per heavy atom. The van der Waals surface area contributed by atoms with E-state index < -0.39 is 0 Å². The van der Waals surface area contributed by atoms with Crippen LogP contribution in [0.1, 0.15) is 25.7 Å². The van der Waals surface area contributed by atoms with Crippen LogP contribution < -0.4 is 0 Å². The highest BCUT2D eigenvalue weighted by molar-refractivity contribution is 8.00. The minimum absolute atomic E-state index is 0.421. The molecule has 2 rings (SSSR count). The molecule has 0 aliphatic carbocycles. The minimum atomic E-state index is 0.421. The van der Waals surface area contributed by atoms with Gasteiger partial charge in [0.1, 0.15) is 0 Å². The molecule has 2 saturated heterocycles. The van der Waals surface area contributed by atoms with E-state index >= 15 is 0 Å². The molecule has 4 atom stereocenters. The summed E-state index contributed by atoms with van der Waals surface area (Å²) >= 11 is 2.29. The van der Waals surface area contributed by atoms with Crippen molar-refractivity contribution in [1.29, 1.82) is 0 Å². The van der Waals surface area contributed by atoms with Crippen LogP contribution in [0.5, 0.6) is 0 Å². The molecule has 0 spiro atoms. The Kier molecular flexibility index (Phi) is 5.26. The highest BCUT2D eigenvalue weighted by atomic mass is 32.2. The van der Waals surface area contributed by atoms with Crippen LogP contribution in [0.15, 0.2) is 0 Å². The summed E-state index contributed by atoms with van der Waals surface area (Å²) in [4.78, 5) is 0. The average Bonchev–Trinajstić information content (AvgIpc) is 2.78. The molecule has 3 heteroatoms. The van der Waals surface area contributed by atoms with Gasteiger partial charge in [-0.05, 0) is 62.7 Å². The highest BCUT2D eigenvalue weighted by Gasteiger charge is 2.25. The Morgan fingerprint density at radius 3 is 1.73 bits per heavy atom. The first-order valence-electron chi connectivity index (χ1n) is 6.25. The van der Waals surface area contributed by atoms with Gasteiger partial charge < -0.3 is 0 Å². The fourth-order valence-corrected chi connectivity index (χ4v) is 9.74. The van der Waals surface area contributed by atoms with E-state index in [4.69, 9.17) is 0 Å². The molecule has 2 fully saturated rings. The molecule has 2 aliphatic heterocycles. The zero-order valence-corrected chi connectivity index (χ0v) is 12.7. The van der Waals surface area contributed by atoms with E-state index in [2.05, 4.69) is 25.1 Å². The summed E-state index contributed by atoms with van der Waals surface area (Å²) in [5.74, 6) is 2.98. The molecule has 0 N–H and O–H groups in total. The largest absolute Gasteiger partial charge is 0.161 e. The molecule has 15 heavy (non-hydrogen) atoms. The second-order valence-electron chi connectivity index (χ2n) is 5.09. The summed E-state index contributed by atoms with van der Waals surface area (Å²) < 4.78 is 0. The van der Waals surface area contributed by atoms with Crippen molar-refractivity contribution in [3.63, 3.8) is 0 Å². The molecule has 88 valence electrons. The Balaban J connectivity index is 1.62. The second-order valence-corrected chi connectivity index (χ2v) is 11.5. The third-order valence-corrected chi connectivity index (χ3v) is 11.2. The van der Waals surface area contributed by atoms with Crippen molar-refractivity contribution in [2.45, 2.75) is 37.0 Å². The van der Waals surface area contributed by atoms with Crippen LogP contribution in [0.25, 0.3) is 0 Å². The molecule has 0 saturated carbocycles. The Hall–Kier alpha value is 1.21. The summed E-state index contributed by atoms with van der Waals surface area (Å²) in [7, 11) is 0.842. The third-order valence-electron chi connectivity index (χ3n) is 3.96. The fraction of sp³-hybridized carbons (Fsp3) is 1.00. The molecular weight excluding hydrogens is 238 g/mol. The van der Waals surface area contributed by atoms with Gasteiger partial charge in [-0.15, -0.1) is 15.8 Å². The van der Waals surface area contributed by atoms with Gasteiger partial charge in [-0.1, -0.05) is 0 Å². The normalized spacial score (nSPS) is 41.2. The van der Waals surface area contributed by atoms with E-state index in [0.29, 0.717) is 15.8 Å². The van der Waals surface area contributed by atoms with Gasteiger partial charge >= 0.3 is 0 Å². The molecule has 0 nitrogen and oxygen atoms in total. The van der Waals surface area contributed by atoms with Crippen LogP contribution in [0, 0.1) is 0 Å². The molecule has 0 unspecified atom stereocenters. The van der Waals surface area contributed by atoms with Crippen molar-refractivity contribution < 1.29 is 0 Å². The van der Waals surface area contributed by atoms with Gasteiger partial charge in [0.25, 0.3) is 0 Å². The first-order chi connectivity index (χ1) is 7.27. The molecule has 2 heterocycles. The summed E-state index contributed by atoms with van der Waals surface area (Å²) in [6.45, 7) is 5.05. The van der Waals surface area contributed by atoms with Crippen LogP contribution in [0.4, 0.5) is 0 Å². The van der Waals surface area contributed by atoms with Crippen molar-refractivity contribution >= 4 is 27.6 Å². The zero-order valence-electron chi connectivity index (χ0n) is 10.1. The van der Waals surface area contributed by atoms with Crippen LogP contribution in [-0.4, -0.2) is 48.5 Å². The molecular formula is C12H24P2S. The van der Waals surface area contributed by atoms with Gasteiger partial charge in [0.05, 0.1) is 0 Å². The predicted octanol–water partition coefficient (Wildman–Crippen LogP) is 4.27. The van der Waals surface area contributed by atoms with Gasteiger partial charge in [0, 0.05) is 11.5 Å². The summed E-state index contributed by atoms with van der Waals surface area (Å²) in [5, 5.41) is 0. The number of thioether (sulfide) groups is 1. The van der Waals surface area contributed by atoms with Crippen molar-refractivity contribution in [2.24, 2.45) is 0 Å². The van der Waals surface area contributed by atoms with E-state index in [9.17, 15) is 0 Å². The van der Waals surface area contributed by atoms with Crippen LogP contribution >= 0.6 is 27.6 Å². The van der Waals surface area contributed by atoms with Crippen LogP contribution in [-0.2, 0) is 0 Å². The van der Waals surface area contributed by atoms with Crippen LogP contribution in [0.3, 0.4) is 0 Å². The quantitative estimate of drug-likeness (QED) is 0.682. The van der Waals surface area contributed by atoms with E-state index in [1.54, 1.807) is 25.2 Å². The maximum atomic E-state index is 2.52. The number of rotatable bonds is 4. The number of hydrogen-bond acceptors (Lipinski definition) is 1. The lowest BCUT2D eigenvalue weighted by Crippen LogP contribution is -2.08. The van der Waals surface area contributed by atoms with Gasteiger partial charge in [-0.3, -0.25) is 0 Å². The average molecular weight is 262 g/mol. The molecule has 0 aromatic rings. The Bertz CT molecular complexity index is 178. The Labute approximate surface area is 102 Å². The lowest BCUT2D eigenvalue weighted by molar-refractivity contribution is 0.832. The zero-order chi connectivity index (χ0) is 10.7. The van der Waals surface area contributed by atoms with Crippen LogP contribution in [0.2, 0.25) is 0 Å². The molecule has 0 bridgehead atoms. The molecule has 0 radical (unpaired) electrons. The number of hydrogen-bond donors (Lipinski definition) is 0. The monoisotopic (exact) mass is 262 g/mol. The summed E-state index contributed by atoms with van der Waals surface area (Å²) in [6, 6.07) is 0. The van der Waals surface area contributed by atoms with Gasteiger partial charge in [-0.25, -0.2) is 0 Å². The summed E-state index contributed by atoms with van der Waals surface area (Å²) in [6.07, 6.45) is 9.26. The lowest BCUT2D eigenvalue weighted by Gasteiger charge is -2.19. The maximum Gasteiger partial charge on any atom is 0.0000442 e. The lowest BCUT2D eigenvalue weighted by atomic mass is 10.3. The highest BCUT2D eigenvalue weighted by Crippen LogP contribution is 2.50. The smallest absolute Gasteiger partial charge is 0.0000442 e. The topological polar surface area (TPSA) is 0 Å². The molecule has 0 amide bonds. The second kappa shape index (κ2) is 6.23. The Morgan fingerprint density at radius 1 is 0.933 bits per heavy atom. The van der Waals surface area contributed by atoms with E-state index in [-0.39, 0.29) is 0 Å². The van der Waals surface area contributed by atoms with Crippen molar-refractivity contribution in [3.8, 4) is 0 Å². The third kappa shape index (κ3) is 3.58. The molecule has 2 aliphatic rings. The van der Waals surface area contributed by atoms with Gasteiger partial charge in [0.2, 0.25) is 0 Å². The maximum absolute atomic E-state index is 2.52. The van der Waals surface area contributed by atoms with Gasteiger partial charge in [-0.2, -0.15) is 11.8 Å². The van der Waals surface area contributed by atoms with Crippen molar-refractivity contribution in [3.05, 3.63) is 0 Å². The van der Waals surface area contributed by atoms with E-state index in [0.717, 1.165) is 11.3 Å². The fourth-order valence-electron chi connectivity index (χ4n) is 2.72.